The molecule has 2 aromatic rings. The number of rotatable bonds is 3. The highest BCUT2D eigenvalue weighted by atomic mass is 19.4. The van der Waals surface area contributed by atoms with Crippen LogP contribution in [0.3, 0.4) is 0 Å². The first-order valence-corrected chi connectivity index (χ1v) is 5.82. The largest absolute Gasteiger partial charge is 0.573 e. The highest BCUT2D eigenvalue weighted by Gasteiger charge is 2.31. The average Bonchev–Trinajstić information content (AvgIpc) is 2.64. The number of aromatic nitrogens is 1. The molecule has 0 aliphatic carbocycles. The Balaban J connectivity index is 2.35. The Hall–Kier alpha value is -2.24. The molecule has 0 bridgehead atoms. The van der Waals surface area contributed by atoms with Crippen molar-refractivity contribution in [1.29, 1.82) is 0 Å². The summed E-state index contributed by atoms with van der Waals surface area (Å²) in [5.41, 5.74) is 2.79. The van der Waals surface area contributed by atoms with Gasteiger partial charge in [0, 0.05) is 22.6 Å². The summed E-state index contributed by atoms with van der Waals surface area (Å²) in [6, 6.07) is 7.22. The van der Waals surface area contributed by atoms with Crippen molar-refractivity contribution in [1.82, 2.24) is 4.57 Å². The lowest BCUT2D eigenvalue weighted by atomic mass is 10.2. The third-order valence-corrected chi connectivity index (χ3v) is 2.93. The van der Waals surface area contributed by atoms with Gasteiger partial charge in [0.2, 0.25) is 0 Å². The lowest BCUT2D eigenvalue weighted by Crippen LogP contribution is -2.17. The van der Waals surface area contributed by atoms with Gasteiger partial charge >= 0.3 is 6.36 Å². The van der Waals surface area contributed by atoms with Crippen molar-refractivity contribution in [3.8, 4) is 11.4 Å². The first kappa shape index (κ1) is 14.2. The molecule has 0 saturated heterocycles. The van der Waals surface area contributed by atoms with E-state index >= 15 is 0 Å². The van der Waals surface area contributed by atoms with E-state index in [1.807, 2.05) is 6.92 Å². The maximum Gasteiger partial charge on any atom is 0.573 e. The van der Waals surface area contributed by atoms with Gasteiger partial charge in [0.05, 0.1) is 0 Å². The molecule has 1 aromatic heterocycles. The molecule has 0 unspecified atom stereocenters. The number of hydrogen-bond acceptors (Lipinski definition) is 2. The fourth-order valence-electron chi connectivity index (χ4n) is 2.10. The number of carbonyl (C=O) groups is 1. The molecule has 0 N–H and O–H groups in total. The van der Waals surface area contributed by atoms with E-state index in [4.69, 9.17) is 0 Å². The van der Waals surface area contributed by atoms with Crippen LogP contribution in [0.25, 0.3) is 5.69 Å². The number of alkyl halides is 3. The van der Waals surface area contributed by atoms with Crippen LogP contribution in [0, 0.1) is 13.8 Å². The Labute approximate surface area is 113 Å². The molecule has 1 heterocycles. The van der Waals surface area contributed by atoms with Gasteiger partial charge in [0.15, 0.2) is 6.29 Å². The minimum Gasteiger partial charge on any atom is -0.406 e. The van der Waals surface area contributed by atoms with Gasteiger partial charge in [-0.05, 0) is 44.2 Å². The van der Waals surface area contributed by atoms with Crippen LogP contribution in [0.1, 0.15) is 21.7 Å². The Kier molecular flexibility index (Phi) is 3.57. The molecule has 0 amide bonds. The van der Waals surface area contributed by atoms with Crippen LogP contribution in [-0.4, -0.2) is 17.2 Å². The number of halogens is 3. The second kappa shape index (κ2) is 5.03. The zero-order valence-corrected chi connectivity index (χ0v) is 10.9. The summed E-state index contributed by atoms with van der Waals surface area (Å²) in [6.45, 7) is 3.59. The number of nitrogens with zero attached hydrogens (tertiary/aromatic N) is 1. The highest BCUT2D eigenvalue weighted by molar-refractivity contribution is 5.77. The fourth-order valence-corrected chi connectivity index (χ4v) is 2.10. The monoisotopic (exact) mass is 283 g/mol. The molecule has 106 valence electrons. The topological polar surface area (TPSA) is 31.2 Å². The zero-order valence-electron chi connectivity index (χ0n) is 10.9. The van der Waals surface area contributed by atoms with E-state index in [0.29, 0.717) is 11.3 Å². The second-order valence-electron chi connectivity index (χ2n) is 4.32. The molecule has 20 heavy (non-hydrogen) atoms. The van der Waals surface area contributed by atoms with Crippen molar-refractivity contribution in [2.75, 3.05) is 0 Å². The van der Waals surface area contributed by atoms with Crippen molar-refractivity contribution in [2.45, 2.75) is 20.2 Å². The van der Waals surface area contributed by atoms with Crippen LogP contribution in [-0.2, 0) is 0 Å². The number of ether oxygens (including phenoxy) is 1. The molecule has 0 saturated carbocycles. The third kappa shape index (κ3) is 2.84. The van der Waals surface area contributed by atoms with E-state index in [9.17, 15) is 18.0 Å². The standard InChI is InChI=1S/C14H12F3NO2/c1-9-7-11(8-19)10(2)18(9)12-3-5-13(6-4-12)20-14(15,16)17/h3-8H,1-2H3. The van der Waals surface area contributed by atoms with Crippen LogP contribution in [0.15, 0.2) is 30.3 Å². The van der Waals surface area contributed by atoms with Crippen molar-refractivity contribution < 1.29 is 22.7 Å². The minimum atomic E-state index is -4.70. The number of hydrogen-bond donors (Lipinski definition) is 0. The van der Waals surface area contributed by atoms with Gasteiger partial charge in [-0.2, -0.15) is 0 Å². The predicted octanol–water partition coefficient (Wildman–Crippen LogP) is 3.81. The summed E-state index contributed by atoms with van der Waals surface area (Å²) in [4.78, 5) is 10.9. The van der Waals surface area contributed by atoms with Gasteiger partial charge in [-0.1, -0.05) is 0 Å². The molecule has 2 rings (SSSR count). The maximum atomic E-state index is 12.1. The molecule has 0 aliphatic rings. The molecule has 0 aliphatic heterocycles. The van der Waals surface area contributed by atoms with Gasteiger partial charge in [0.1, 0.15) is 5.75 Å². The van der Waals surface area contributed by atoms with E-state index in [-0.39, 0.29) is 5.75 Å². The minimum absolute atomic E-state index is 0.278. The number of benzene rings is 1. The Morgan fingerprint density at radius 2 is 1.75 bits per heavy atom. The lowest BCUT2D eigenvalue weighted by molar-refractivity contribution is -0.274. The van der Waals surface area contributed by atoms with Crippen molar-refractivity contribution >= 4 is 6.29 Å². The predicted molar refractivity (Wildman–Crippen MR) is 67.3 cm³/mol. The number of aldehydes is 1. The summed E-state index contributed by atoms with van der Waals surface area (Å²) in [5.74, 6) is -0.278. The van der Waals surface area contributed by atoms with Crippen molar-refractivity contribution in [3.63, 3.8) is 0 Å². The SMILES string of the molecule is Cc1cc(C=O)c(C)n1-c1ccc(OC(F)(F)F)cc1. The van der Waals surface area contributed by atoms with E-state index in [1.165, 1.54) is 24.3 Å². The number of carbonyl (C=O) groups excluding carboxylic acids is 1. The Bertz CT molecular complexity index is 627. The van der Waals surface area contributed by atoms with Crippen molar-refractivity contribution in [3.05, 3.63) is 47.3 Å². The van der Waals surface area contributed by atoms with Crippen LogP contribution in [0.5, 0.6) is 5.75 Å². The molecular formula is C14H12F3NO2. The van der Waals surface area contributed by atoms with Crippen LogP contribution in [0.2, 0.25) is 0 Å². The van der Waals surface area contributed by atoms with E-state index in [0.717, 1.165) is 17.7 Å². The van der Waals surface area contributed by atoms with Crippen LogP contribution < -0.4 is 4.74 Å². The van der Waals surface area contributed by atoms with E-state index < -0.39 is 6.36 Å². The summed E-state index contributed by atoms with van der Waals surface area (Å²) < 4.78 is 41.8. The molecule has 6 heteroatoms. The van der Waals surface area contributed by atoms with Crippen molar-refractivity contribution in [2.24, 2.45) is 0 Å². The summed E-state index contributed by atoms with van der Waals surface area (Å²) in [6.07, 6.45) is -3.95. The Morgan fingerprint density at radius 1 is 1.15 bits per heavy atom. The molecule has 0 fully saturated rings. The summed E-state index contributed by atoms with van der Waals surface area (Å²) >= 11 is 0. The van der Waals surface area contributed by atoms with Gasteiger partial charge in [0.25, 0.3) is 0 Å². The van der Waals surface area contributed by atoms with Gasteiger partial charge < -0.3 is 9.30 Å². The molecule has 3 nitrogen and oxygen atoms in total. The normalized spacial score (nSPS) is 11.4. The third-order valence-electron chi connectivity index (χ3n) is 2.93. The van der Waals surface area contributed by atoms with Gasteiger partial charge in [-0.3, -0.25) is 4.79 Å². The lowest BCUT2D eigenvalue weighted by Gasteiger charge is -2.12. The number of aryl methyl sites for hydroxylation is 1. The quantitative estimate of drug-likeness (QED) is 0.802. The zero-order chi connectivity index (χ0) is 14.9. The average molecular weight is 283 g/mol. The summed E-state index contributed by atoms with van der Waals surface area (Å²) in [7, 11) is 0. The molecule has 0 atom stereocenters. The molecular weight excluding hydrogens is 271 g/mol. The smallest absolute Gasteiger partial charge is 0.406 e. The molecule has 0 spiro atoms. The highest BCUT2D eigenvalue weighted by Crippen LogP contribution is 2.25. The second-order valence-corrected chi connectivity index (χ2v) is 4.32. The summed E-state index contributed by atoms with van der Waals surface area (Å²) in [5, 5.41) is 0. The van der Waals surface area contributed by atoms with E-state index in [2.05, 4.69) is 4.74 Å². The van der Waals surface area contributed by atoms with Gasteiger partial charge in [-0.25, -0.2) is 0 Å². The van der Waals surface area contributed by atoms with Crippen LogP contribution in [0.4, 0.5) is 13.2 Å². The fraction of sp³-hybridized carbons (Fsp3) is 0.214. The van der Waals surface area contributed by atoms with Gasteiger partial charge in [-0.15, -0.1) is 13.2 Å². The van der Waals surface area contributed by atoms with E-state index in [1.54, 1.807) is 17.6 Å². The first-order chi connectivity index (χ1) is 9.31. The molecule has 1 aromatic carbocycles. The van der Waals surface area contributed by atoms with Crippen LogP contribution >= 0.6 is 0 Å². The maximum absolute atomic E-state index is 12.1. The molecule has 0 radical (unpaired) electrons. The Morgan fingerprint density at radius 3 is 2.20 bits per heavy atom. The first-order valence-electron chi connectivity index (χ1n) is 5.82.